The zero-order valence-corrected chi connectivity index (χ0v) is 19.0. The van der Waals surface area contributed by atoms with Crippen LogP contribution >= 0.6 is 0 Å². The maximum atomic E-state index is 15.4. The number of halogens is 1. The number of nitrogens with one attached hydrogen (secondary N) is 2. The summed E-state index contributed by atoms with van der Waals surface area (Å²) in [6, 6.07) is 19.7. The molecule has 170 valence electrons. The van der Waals surface area contributed by atoms with Gasteiger partial charge in [-0.25, -0.2) is 17.5 Å². The van der Waals surface area contributed by atoms with Crippen molar-refractivity contribution in [3.63, 3.8) is 0 Å². The molecule has 33 heavy (non-hydrogen) atoms. The fraction of sp³-hybridized carbons (Fsp3) is 0.160. The van der Waals surface area contributed by atoms with E-state index in [2.05, 4.69) is 4.98 Å². The highest BCUT2D eigenvalue weighted by Gasteiger charge is 2.21. The summed E-state index contributed by atoms with van der Waals surface area (Å²) in [6.45, 7) is 1.40. The van der Waals surface area contributed by atoms with Gasteiger partial charge in [0.05, 0.1) is 24.1 Å². The topological polar surface area (TPSA) is 88.3 Å². The van der Waals surface area contributed by atoms with Crippen molar-refractivity contribution < 1.29 is 22.3 Å². The molecule has 6 nitrogen and oxygen atoms in total. The second-order valence-electron chi connectivity index (χ2n) is 7.55. The fourth-order valence-corrected chi connectivity index (χ4v) is 4.28. The van der Waals surface area contributed by atoms with Crippen molar-refractivity contribution in [2.75, 3.05) is 12.9 Å². The standard InChI is InChI=1S/C25H23FN2O4S/c1-3-33(30,31)28-25(29)20-11-7-10-17(23(20)26)14-21-19-13-12-18(32-2)15-22(19)27-24(21)16-8-5-4-6-9-16/h4-13,15,27H,3,14H2,1-2H3,(H,28,29). The number of fused-ring (bicyclic) bond motifs is 1. The van der Waals surface area contributed by atoms with Gasteiger partial charge in [-0.1, -0.05) is 42.5 Å². The summed E-state index contributed by atoms with van der Waals surface area (Å²) in [6.07, 6.45) is 0.198. The Kier molecular flexibility index (Phi) is 6.20. The van der Waals surface area contributed by atoms with E-state index in [1.165, 1.54) is 13.0 Å². The molecular weight excluding hydrogens is 443 g/mol. The van der Waals surface area contributed by atoms with Crippen molar-refractivity contribution in [3.8, 4) is 17.0 Å². The average molecular weight is 467 g/mol. The van der Waals surface area contributed by atoms with Crippen LogP contribution < -0.4 is 9.46 Å². The molecule has 0 saturated carbocycles. The summed E-state index contributed by atoms with van der Waals surface area (Å²) in [5.41, 5.74) is 3.44. The Bertz CT molecular complexity index is 1430. The van der Waals surface area contributed by atoms with Crippen LogP contribution in [0.1, 0.15) is 28.4 Å². The lowest BCUT2D eigenvalue weighted by Gasteiger charge is -2.10. The van der Waals surface area contributed by atoms with Crippen molar-refractivity contribution in [3.05, 3.63) is 89.2 Å². The van der Waals surface area contributed by atoms with E-state index in [9.17, 15) is 13.2 Å². The summed E-state index contributed by atoms with van der Waals surface area (Å²) < 4.78 is 46.1. The zero-order chi connectivity index (χ0) is 23.6. The molecule has 4 aromatic rings. The number of aromatic nitrogens is 1. The molecule has 0 aliphatic heterocycles. The second-order valence-corrected chi connectivity index (χ2v) is 9.56. The van der Waals surface area contributed by atoms with Gasteiger partial charge in [-0.3, -0.25) is 4.79 Å². The van der Waals surface area contributed by atoms with E-state index in [0.29, 0.717) is 5.75 Å². The minimum atomic E-state index is -3.81. The lowest BCUT2D eigenvalue weighted by Crippen LogP contribution is -2.32. The van der Waals surface area contributed by atoms with Crippen LogP contribution in [0.2, 0.25) is 0 Å². The lowest BCUT2D eigenvalue weighted by molar-refractivity contribution is 0.0977. The zero-order valence-electron chi connectivity index (χ0n) is 18.2. The number of hydrogen-bond donors (Lipinski definition) is 2. The molecule has 0 bridgehead atoms. The van der Waals surface area contributed by atoms with E-state index in [1.807, 2.05) is 53.3 Å². The third-order valence-electron chi connectivity index (χ3n) is 5.49. The Morgan fingerprint density at radius 2 is 1.82 bits per heavy atom. The van der Waals surface area contributed by atoms with Gasteiger partial charge in [-0.05, 0) is 41.8 Å². The van der Waals surface area contributed by atoms with Crippen LogP contribution in [0, 0.1) is 5.82 Å². The van der Waals surface area contributed by atoms with E-state index in [-0.39, 0.29) is 23.3 Å². The molecule has 0 spiro atoms. The van der Waals surface area contributed by atoms with Crippen molar-refractivity contribution in [1.29, 1.82) is 0 Å². The first kappa shape index (κ1) is 22.5. The molecule has 1 aromatic heterocycles. The summed E-state index contributed by atoms with van der Waals surface area (Å²) in [7, 11) is -2.22. The number of amides is 1. The van der Waals surface area contributed by atoms with Crippen LogP contribution in [0.25, 0.3) is 22.2 Å². The van der Waals surface area contributed by atoms with Gasteiger partial charge in [0.2, 0.25) is 10.0 Å². The van der Waals surface area contributed by atoms with Crippen LogP contribution in [0.3, 0.4) is 0 Å². The van der Waals surface area contributed by atoms with Crippen LogP contribution in [-0.2, 0) is 16.4 Å². The molecule has 0 radical (unpaired) electrons. The van der Waals surface area contributed by atoms with Gasteiger partial charge in [0.1, 0.15) is 11.6 Å². The minimum absolute atomic E-state index is 0.198. The highest BCUT2D eigenvalue weighted by atomic mass is 32.2. The highest BCUT2D eigenvalue weighted by Crippen LogP contribution is 2.34. The number of aromatic amines is 1. The van der Waals surface area contributed by atoms with Crippen molar-refractivity contribution in [2.24, 2.45) is 0 Å². The molecular formula is C25H23FN2O4S. The van der Waals surface area contributed by atoms with Gasteiger partial charge in [0.15, 0.2) is 0 Å². The highest BCUT2D eigenvalue weighted by molar-refractivity contribution is 7.90. The fourth-order valence-electron chi connectivity index (χ4n) is 3.75. The SMILES string of the molecule is CCS(=O)(=O)NC(=O)c1cccc(Cc2c(-c3ccccc3)[nH]c3cc(OC)ccc23)c1F. The number of sulfonamides is 1. The maximum Gasteiger partial charge on any atom is 0.267 e. The number of rotatable bonds is 7. The molecule has 0 aliphatic carbocycles. The quantitative estimate of drug-likeness (QED) is 0.415. The summed E-state index contributed by atoms with van der Waals surface area (Å²) in [4.78, 5) is 15.8. The number of carbonyl (C=O) groups excluding carboxylic acids is 1. The van der Waals surface area contributed by atoms with E-state index >= 15 is 4.39 Å². The van der Waals surface area contributed by atoms with Crippen LogP contribution in [0.15, 0.2) is 66.7 Å². The van der Waals surface area contributed by atoms with Crippen molar-refractivity contribution in [1.82, 2.24) is 9.71 Å². The summed E-state index contributed by atoms with van der Waals surface area (Å²) >= 11 is 0. The Morgan fingerprint density at radius 3 is 2.52 bits per heavy atom. The molecule has 1 amide bonds. The van der Waals surface area contributed by atoms with E-state index < -0.39 is 21.7 Å². The third-order valence-corrected chi connectivity index (χ3v) is 6.75. The molecule has 2 N–H and O–H groups in total. The molecule has 0 aliphatic rings. The normalized spacial score (nSPS) is 11.5. The summed E-state index contributed by atoms with van der Waals surface area (Å²) in [5.74, 6) is -1.32. The number of carbonyl (C=O) groups is 1. The number of benzene rings is 3. The van der Waals surface area contributed by atoms with Crippen LogP contribution in [0.5, 0.6) is 5.75 Å². The van der Waals surface area contributed by atoms with Crippen molar-refractivity contribution >= 4 is 26.8 Å². The van der Waals surface area contributed by atoms with Crippen LogP contribution in [0.4, 0.5) is 4.39 Å². The molecule has 0 atom stereocenters. The van der Waals surface area contributed by atoms with E-state index in [4.69, 9.17) is 4.74 Å². The number of H-pyrrole nitrogens is 1. The summed E-state index contributed by atoms with van der Waals surface area (Å²) in [5, 5.41) is 0.900. The second kappa shape index (κ2) is 9.07. The van der Waals surface area contributed by atoms with E-state index in [1.54, 1.807) is 19.2 Å². The Labute approximate surface area is 191 Å². The van der Waals surface area contributed by atoms with Gasteiger partial charge in [0.25, 0.3) is 5.91 Å². The molecule has 8 heteroatoms. The smallest absolute Gasteiger partial charge is 0.267 e. The van der Waals surface area contributed by atoms with Crippen molar-refractivity contribution in [2.45, 2.75) is 13.3 Å². The molecule has 0 unspecified atom stereocenters. The first-order chi connectivity index (χ1) is 15.8. The predicted molar refractivity (Wildman–Crippen MR) is 126 cm³/mol. The average Bonchev–Trinajstić information content (AvgIpc) is 3.18. The van der Waals surface area contributed by atoms with Crippen LogP contribution in [-0.4, -0.2) is 32.2 Å². The molecule has 4 rings (SSSR count). The number of ether oxygens (including phenoxy) is 1. The van der Waals surface area contributed by atoms with E-state index in [0.717, 1.165) is 27.7 Å². The van der Waals surface area contributed by atoms with Gasteiger partial charge >= 0.3 is 0 Å². The molecule has 0 fully saturated rings. The van der Waals surface area contributed by atoms with Gasteiger partial charge in [-0.15, -0.1) is 0 Å². The Balaban J connectivity index is 1.80. The molecule has 3 aromatic carbocycles. The molecule has 1 heterocycles. The largest absolute Gasteiger partial charge is 0.497 e. The lowest BCUT2D eigenvalue weighted by atomic mass is 9.97. The van der Waals surface area contributed by atoms with Gasteiger partial charge in [0, 0.05) is 23.4 Å². The first-order valence-electron chi connectivity index (χ1n) is 10.4. The molecule has 0 saturated heterocycles. The third kappa shape index (κ3) is 4.61. The minimum Gasteiger partial charge on any atom is -0.497 e. The number of methoxy groups -OCH3 is 1. The predicted octanol–water partition coefficient (Wildman–Crippen LogP) is 4.65. The first-order valence-corrected chi connectivity index (χ1v) is 12.0. The Hall–Kier alpha value is -3.65. The van der Waals surface area contributed by atoms with Gasteiger partial charge in [-0.2, -0.15) is 0 Å². The monoisotopic (exact) mass is 466 g/mol. The maximum absolute atomic E-state index is 15.4. The van der Waals surface area contributed by atoms with Gasteiger partial charge < -0.3 is 9.72 Å². The Morgan fingerprint density at radius 1 is 1.06 bits per heavy atom. The number of hydrogen-bond acceptors (Lipinski definition) is 4.